The fraction of sp³-hybridized carbons (Fsp3) is 0.273. The first-order valence-electron chi connectivity index (χ1n) is 4.98. The maximum Gasteiger partial charge on any atom is 0.303 e. The molecule has 1 N–H and O–H groups in total. The highest BCUT2D eigenvalue weighted by atomic mass is 16.4. The average Bonchev–Trinajstić information content (AvgIpc) is 2.34. The second-order valence-electron chi connectivity index (χ2n) is 3.40. The zero-order valence-corrected chi connectivity index (χ0v) is 9.04. The standard InChI is InChI=1S/C11H11N3O3/c12-14-13-7-10(15)9-4-1-8(2-5-9)3-6-11(16)17/h1-2,4-5H,3,6-7H2,(H,16,17). The first kappa shape index (κ1) is 12.7. The lowest BCUT2D eigenvalue weighted by molar-refractivity contribution is -0.136. The molecule has 6 heteroatoms. The van der Waals surface area contributed by atoms with E-state index in [0.29, 0.717) is 12.0 Å². The summed E-state index contributed by atoms with van der Waals surface area (Å²) < 4.78 is 0. The van der Waals surface area contributed by atoms with Crippen molar-refractivity contribution in [3.8, 4) is 0 Å². The molecular formula is C11H11N3O3. The Labute approximate surface area is 97.5 Å². The van der Waals surface area contributed by atoms with Crippen molar-refractivity contribution in [2.24, 2.45) is 5.11 Å². The average molecular weight is 233 g/mol. The van der Waals surface area contributed by atoms with Gasteiger partial charge in [-0.05, 0) is 17.5 Å². The van der Waals surface area contributed by atoms with Crippen molar-refractivity contribution in [2.45, 2.75) is 12.8 Å². The molecule has 1 aromatic rings. The van der Waals surface area contributed by atoms with Gasteiger partial charge in [-0.15, -0.1) is 0 Å². The molecule has 88 valence electrons. The second kappa shape index (κ2) is 6.30. The number of ketones is 1. The number of carbonyl (C=O) groups excluding carboxylic acids is 1. The molecule has 0 saturated carbocycles. The van der Waals surface area contributed by atoms with E-state index in [4.69, 9.17) is 10.6 Å². The van der Waals surface area contributed by atoms with Crippen molar-refractivity contribution in [1.82, 2.24) is 0 Å². The number of azide groups is 1. The number of carboxylic acid groups (broad SMARTS) is 1. The van der Waals surface area contributed by atoms with Crippen LogP contribution in [0.3, 0.4) is 0 Å². The molecule has 0 saturated heterocycles. The van der Waals surface area contributed by atoms with Crippen LogP contribution < -0.4 is 0 Å². The van der Waals surface area contributed by atoms with Gasteiger partial charge >= 0.3 is 5.97 Å². The fourth-order valence-electron chi connectivity index (χ4n) is 1.30. The summed E-state index contributed by atoms with van der Waals surface area (Å²) in [6.45, 7) is -0.203. The van der Waals surface area contributed by atoms with Crippen molar-refractivity contribution in [3.63, 3.8) is 0 Å². The minimum absolute atomic E-state index is 0.0615. The van der Waals surface area contributed by atoms with Gasteiger partial charge in [0.1, 0.15) is 0 Å². The van der Waals surface area contributed by atoms with Crippen LogP contribution in [0.5, 0.6) is 0 Å². The lowest BCUT2D eigenvalue weighted by Crippen LogP contribution is -2.03. The Hall–Kier alpha value is -2.33. The van der Waals surface area contributed by atoms with Gasteiger partial charge in [0.25, 0.3) is 0 Å². The number of nitrogens with zero attached hydrogens (tertiary/aromatic N) is 3. The van der Waals surface area contributed by atoms with E-state index in [1.165, 1.54) is 0 Å². The molecule has 0 aliphatic heterocycles. The molecule has 1 aromatic carbocycles. The number of hydrogen-bond donors (Lipinski definition) is 1. The molecule has 0 aromatic heterocycles. The van der Waals surface area contributed by atoms with Gasteiger partial charge < -0.3 is 5.11 Å². The van der Waals surface area contributed by atoms with Crippen molar-refractivity contribution in [2.75, 3.05) is 6.54 Å². The Balaban J connectivity index is 2.64. The van der Waals surface area contributed by atoms with Gasteiger partial charge in [-0.25, -0.2) is 0 Å². The van der Waals surface area contributed by atoms with Gasteiger partial charge in [-0.1, -0.05) is 29.4 Å². The van der Waals surface area contributed by atoms with Gasteiger partial charge in [0.05, 0.1) is 6.54 Å². The third-order valence-electron chi connectivity index (χ3n) is 2.18. The summed E-state index contributed by atoms with van der Waals surface area (Å²) in [5.41, 5.74) is 9.39. The van der Waals surface area contributed by atoms with E-state index in [9.17, 15) is 9.59 Å². The van der Waals surface area contributed by atoms with E-state index in [1.54, 1.807) is 24.3 Å². The minimum atomic E-state index is -0.853. The van der Waals surface area contributed by atoms with E-state index in [0.717, 1.165) is 5.56 Å². The smallest absolute Gasteiger partial charge is 0.303 e. The van der Waals surface area contributed by atoms with Crippen molar-refractivity contribution in [3.05, 3.63) is 45.8 Å². The second-order valence-corrected chi connectivity index (χ2v) is 3.40. The molecule has 0 unspecified atom stereocenters. The number of carboxylic acids is 1. The Morgan fingerprint density at radius 1 is 1.29 bits per heavy atom. The summed E-state index contributed by atoms with van der Waals surface area (Å²) >= 11 is 0. The van der Waals surface area contributed by atoms with E-state index in [1.807, 2.05) is 0 Å². The molecule has 1 rings (SSSR count). The largest absolute Gasteiger partial charge is 0.481 e. The number of rotatable bonds is 6. The van der Waals surface area contributed by atoms with Gasteiger partial charge in [0, 0.05) is 16.9 Å². The highest BCUT2D eigenvalue weighted by molar-refractivity contribution is 5.97. The van der Waals surface area contributed by atoms with Gasteiger partial charge in [0.2, 0.25) is 0 Å². The molecule has 0 radical (unpaired) electrons. The SMILES string of the molecule is [N-]=[N+]=NCC(=O)c1ccc(CCC(=O)O)cc1. The molecule has 6 nitrogen and oxygen atoms in total. The zero-order chi connectivity index (χ0) is 12.7. The minimum Gasteiger partial charge on any atom is -0.481 e. The van der Waals surface area contributed by atoms with E-state index >= 15 is 0 Å². The number of aryl methyl sites for hydroxylation is 1. The summed E-state index contributed by atoms with van der Waals surface area (Å²) in [4.78, 5) is 24.3. The van der Waals surface area contributed by atoms with Gasteiger partial charge in [-0.2, -0.15) is 0 Å². The molecule has 0 spiro atoms. The van der Waals surface area contributed by atoms with Crippen LogP contribution in [0.2, 0.25) is 0 Å². The maximum atomic E-state index is 11.4. The zero-order valence-electron chi connectivity index (χ0n) is 9.04. The lowest BCUT2D eigenvalue weighted by Gasteiger charge is -2.01. The normalized spacial score (nSPS) is 9.41. The highest BCUT2D eigenvalue weighted by Crippen LogP contribution is 2.07. The Morgan fingerprint density at radius 3 is 2.47 bits per heavy atom. The van der Waals surface area contributed by atoms with Crippen molar-refractivity contribution in [1.29, 1.82) is 0 Å². The number of hydrogen-bond acceptors (Lipinski definition) is 3. The molecule has 0 atom stereocenters. The predicted octanol–water partition coefficient (Wildman–Crippen LogP) is 2.20. The van der Waals surface area contributed by atoms with Crippen LogP contribution in [-0.4, -0.2) is 23.4 Å². The Bertz CT molecular complexity index is 461. The Morgan fingerprint density at radius 2 is 1.94 bits per heavy atom. The van der Waals surface area contributed by atoms with Crippen LogP contribution in [0, 0.1) is 0 Å². The number of benzene rings is 1. The first-order valence-corrected chi connectivity index (χ1v) is 4.98. The first-order chi connectivity index (χ1) is 8.13. The number of carbonyl (C=O) groups is 2. The summed E-state index contributed by atoms with van der Waals surface area (Å²) in [6, 6.07) is 6.61. The highest BCUT2D eigenvalue weighted by Gasteiger charge is 2.04. The van der Waals surface area contributed by atoms with E-state index < -0.39 is 5.97 Å². The van der Waals surface area contributed by atoms with Gasteiger partial charge in [0.15, 0.2) is 5.78 Å². The van der Waals surface area contributed by atoms with Crippen LogP contribution in [0.1, 0.15) is 22.3 Å². The molecule has 17 heavy (non-hydrogen) atoms. The summed E-state index contributed by atoms with van der Waals surface area (Å²) in [5.74, 6) is -1.11. The van der Waals surface area contributed by atoms with Crippen LogP contribution in [0.4, 0.5) is 0 Å². The van der Waals surface area contributed by atoms with Crippen LogP contribution in [0.25, 0.3) is 10.4 Å². The summed E-state index contributed by atoms with van der Waals surface area (Å²) in [5, 5.41) is 11.7. The molecule has 0 amide bonds. The maximum absolute atomic E-state index is 11.4. The van der Waals surface area contributed by atoms with Crippen molar-refractivity contribution >= 4 is 11.8 Å². The molecule has 0 heterocycles. The van der Waals surface area contributed by atoms with Crippen LogP contribution in [0.15, 0.2) is 29.4 Å². The van der Waals surface area contributed by atoms with E-state index in [-0.39, 0.29) is 18.7 Å². The quantitative estimate of drug-likeness (QED) is 0.352. The third-order valence-corrected chi connectivity index (χ3v) is 2.18. The monoisotopic (exact) mass is 233 g/mol. The predicted molar refractivity (Wildman–Crippen MR) is 60.7 cm³/mol. The van der Waals surface area contributed by atoms with E-state index in [2.05, 4.69) is 10.0 Å². The molecule has 0 aliphatic rings. The number of Topliss-reactive ketones (excluding diaryl/α,β-unsaturated/α-hetero) is 1. The fourth-order valence-corrected chi connectivity index (χ4v) is 1.30. The molecular weight excluding hydrogens is 222 g/mol. The molecule has 0 bridgehead atoms. The van der Waals surface area contributed by atoms with Crippen molar-refractivity contribution < 1.29 is 14.7 Å². The molecule has 0 aliphatic carbocycles. The summed E-state index contributed by atoms with van der Waals surface area (Å²) in [7, 11) is 0. The third kappa shape index (κ3) is 4.36. The number of aliphatic carboxylic acids is 1. The topological polar surface area (TPSA) is 103 Å². The Kier molecular flexibility index (Phi) is 4.72. The lowest BCUT2D eigenvalue weighted by atomic mass is 10.1. The molecule has 0 fully saturated rings. The van der Waals surface area contributed by atoms with Gasteiger partial charge in [-0.3, -0.25) is 9.59 Å². The van der Waals surface area contributed by atoms with Crippen LogP contribution >= 0.6 is 0 Å². The van der Waals surface area contributed by atoms with Crippen LogP contribution in [-0.2, 0) is 11.2 Å². The summed E-state index contributed by atoms with van der Waals surface area (Å²) in [6.07, 6.45) is 0.492.